The summed E-state index contributed by atoms with van der Waals surface area (Å²) in [5.74, 6) is -3.18. The fourth-order valence-corrected chi connectivity index (χ4v) is 3.44. The molecule has 0 saturated heterocycles. The zero-order chi connectivity index (χ0) is 24.4. The molecular formula is C26H46O6. The Kier molecular flexibility index (Phi) is 16.9. The van der Waals surface area contributed by atoms with Crippen molar-refractivity contribution >= 4 is 11.9 Å². The smallest absolute Gasteiger partial charge is 0.335 e. The molecule has 0 radical (unpaired) electrons. The van der Waals surface area contributed by atoms with Crippen LogP contribution in [-0.4, -0.2) is 40.6 Å². The standard InChI is InChI=1S/C26H46O6/c1-6-7-8-16-19-26(30,32-25(29)22(4)5)23(31-24(28)21(2)3)18-15-13-11-9-10-12-14-17-20-27/h23,27,30H,2,4,6-20H2,1,3,5H3. The van der Waals surface area contributed by atoms with Gasteiger partial charge in [-0.05, 0) is 39.5 Å². The molecule has 0 rings (SSSR count). The number of hydrogen-bond acceptors (Lipinski definition) is 6. The average Bonchev–Trinajstić information content (AvgIpc) is 2.74. The average molecular weight is 455 g/mol. The Balaban J connectivity index is 5.06. The summed E-state index contributed by atoms with van der Waals surface area (Å²) in [4.78, 5) is 24.5. The van der Waals surface area contributed by atoms with E-state index in [1.54, 1.807) is 6.92 Å². The molecule has 0 aromatic heterocycles. The van der Waals surface area contributed by atoms with Crippen LogP contribution in [0.4, 0.5) is 0 Å². The van der Waals surface area contributed by atoms with Gasteiger partial charge in [0.15, 0.2) is 6.10 Å². The van der Waals surface area contributed by atoms with Crippen molar-refractivity contribution in [1.29, 1.82) is 0 Å². The quantitative estimate of drug-likeness (QED) is 0.105. The summed E-state index contributed by atoms with van der Waals surface area (Å²) >= 11 is 0. The number of hydrogen-bond donors (Lipinski definition) is 2. The van der Waals surface area contributed by atoms with Gasteiger partial charge in [-0.2, -0.15) is 0 Å². The predicted molar refractivity (Wildman–Crippen MR) is 128 cm³/mol. The highest BCUT2D eigenvalue weighted by Gasteiger charge is 2.43. The molecule has 0 aromatic rings. The van der Waals surface area contributed by atoms with E-state index >= 15 is 0 Å². The number of esters is 2. The molecule has 0 spiro atoms. The summed E-state index contributed by atoms with van der Waals surface area (Å²) in [7, 11) is 0. The van der Waals surface area contributed by atoms with Crippen LogP contribution in [0.15, 0.2) is 24.3 Å². The highest BCUT2D eigenvalue weighted by Crippen LogP contribution is 2.29. The molecule has 32 heavy (non-hydrogen) atoms. The van der Waals surface area contributed by atoms with Crippen molar-refractivity contribution in [3.63, 3.8) is 0 Å². The van der Waals surface area contributed by atoms with E-state index in [4.69, 9.17) is 14.6 Å². The van der Waals surface area contributed by atoms with Crippen molar-refractivity contribution in [1.82, 2.24) is 0 Å². The van der Waals surface area contributed by atoms with E-state index in [0.717, 1.165) is 70.6 Å². The Morgan fingerprint density at radius 2 is 1.31 bits per heavy atom. The minimum atomic E-state index is -1.89. The van der Waals surface area contributed by atoms with Crippen LogP contribution < -0.4 is 0 Å². The SMILES string of the molecule is C=C(C)C(=O)OC(CCCCCCCCCCO)C(O)(CCCCCC)OC(=O)C(=C)C. The first kappa shape index (κ1) is 30.3. The van der Waals surface area contributed by atoms with Crippen LogP contribution >= 0.6 is 0 Å². The number of rotatable bonds is 20. The fraction of sp³-hybridized carbons (Fsp3) is 0.769. The molecule has 2 N–H and O–H groups in total. The molecule has 0 heterocycles. The molecule has 0 aliphatic heterocycles. The summed E-state index contributed by atoms with van der Waals surface area (Å²) < 4.78 is 11.0. The van der Waals surface area contributed by atoms with Crippen molar-refractivity contribution in [2.75, 3.05) is 6.61 Å². The van der Waals surface area contributed by atoms with E-state index in [1.807, 2.05) is 0 Å². The molecule has 186 valence electrons. The lowest BCUT2D eigenvalue weighted by molar-refractivity contribution is -0.255. The van der Waals surface area contributed by atoms with Crippen LogP contribution in [0, 0.1) is 0 Å². The van der Waals surface area contributed by atoms with Gasteiger partial charge in [-0.15, -0.1) is 0 Å². The third-order valence-corrected chi connectivity index (χ3v) is 5.48. The summed E-state index contributed by atoms with van der Waals surface area (Å²) in [6.45, 7) is 12.6. The van der Waals surface area contributed by atoms with Gasteiger partial charge in [0, 0.05) is 24.2 Å². The lowest BCUT2D eigenvalue weighted by Crippen LogP contribution is -2.49. The van der Waals surface area contributed by atoms with Crippen LogP contribution in [0.2, 0.25) is 0 Å². The van der Waals surface area contributed by atoms with Crippen molar-refractivity contribution in [2.45, 2.75) is 123 Å². The monoisotopic (exact) mass is 454 g/mol. The maximum absolute atomic E-state index is 12.2. The Hall–Kier alpha value is -1.66. The van der Waals surface area contributed by atoms with E-state index in [2.05, 4.69) is 20.1 Å². The van der Waals surface area contributed by atoms with Gasteiger partial charge in [0.25, 0.3) is 0 Å². The molecule has 6 nitrogen and oxygen atoms in total. The van der Waals surface area contributed by atoms with Crippen LogP contribution in [0.25, 0.3) is 0 Å². The molecular weight excluding hydrogens is 408 g/mol. The van der Waals surface area contributed by atoms with Crippen LogP contribution in [0.3, 0.4) is 0 Å². The molecule has 2 unspecified atom stereocenters. The molecule has 0 fully saturated rings. The lowest BCUT2D eigenvalue weighted by Gasteiger charge is -2.35. The molecule has 0 aromatic carbocycles. The third kappa shape index (κ3) is 13.7. The largest absolute Gasteiger partial charge is 0.452 e. The summed E-state index contributed by atoms with van der Waals surface area (Å²) in [5.41, 5.74) is 0.417. The van der Waals surface area contributed by atoms with E-state index < -0.39 is 23.8 Å². The Morgan fingerprint density at radius 1 is 0.812 bits per heavy atom. The highest BCUT2D eigenvalue weighted by molar-refractivity contribution is 5.88. The zero-order valence-electron chi connectivity index (χ0n) is 20.6. The molecule has 0 amide bonds. The third-order valence-electron chi connectivity index (χ3n) is 5.48. The molecule has 0 bridgehead atoms. The first-order valence-corrected chi connectivity index (χ1v) is 12.3. The summed E-state index contributed by atoms with van der Waals surface area (Å²) in [6, 6.07) is 0. The topological polar surface area (TPSA) is 93.1 Å². The van der Waals surface area contributed by atoms with Gasteiger partial charge >= 0.3 is 11.9 Å². The van der Waals surface area contributed by atoms with Gasteiger partial charge in [-0.3, -0.25) is 0 Å². The number of carbonyl (C=O) groups excluding carboxylic acids is 2. The normalized spacial score (nSPS) is 13.8. The highest BCUT2D eigenvalue weighted by atomic mass is 16.7. The van der Waals surface area contributed by atoms with Gasteiger partial charge in [0.05, 0.1) is 0 Å². The number of aliphatic hydroxyl groups is 2. The van der Waals surface area contributed by atoms with Crippen LogP contribution in [0.1, 0.15) is 111 Å². The Bertz CT molecular complexity index is 571. The molecule has 2 atom stereocenters. The van der Waals surface area contributed by atoms with E-state index in [0.29, 0.717) is 12.8 Å². The maximum Gasteiger partial charge on any atom is 0.335 e. The Morgan fingerprint density at radius 3 is 1.81 bits per heavy atom. The summed E-state index contributed by atoms with van der Waals surface area (Å²) in [6.07, 6.45) is 11.2. The zero-order valence-corrected chi connectivity index (χ0v) is 20.6. The van der Waals surface area contributed by atoms with Gasteiger partial charge in [0.1, 0.15) is 0 Å². The second-order valence-electron chi connectivity index (χ2n) is 8.84. The van der Waals surface area contributed by atoms with Gasteiger partial charge < -0.3 is 19.7 Å². The number of ether oxygens (including phenoxy) is 2. The van der Waals surface area contributed by atoms with Crippen LogP contribution in [-0.2, 0) is 19.1 Å². The first-order valence-electron chi connectivity index (χ1n) is 12.3. The summed E-state index contributed by atoms with van der Waals surface area (Å²) in [5, 5.41) is 20.2. The molecule has 0 saturated carbocycles. The van der Waals surface area contributed by atoms with E-state index in [1.165, 1.54) is 6.92 Å². The number of carbonyl (C=O) groups is 2. The maximum atomic E-state index is 12.2. The molecule has 0 aliphatic carbocycles. The van der Waals surface area contributed by atoms with Gasteiger partial charge in [-0.1, -0.05) is 77.9 Å². The minimum absolute atomic E-state index is 0.183. The molecule has 6 heteroatoms. The van der Waals surface area contributed by atoms with Crippen molar-refractivity contribution in [3.05, 3.63) is 24.3 Å². The van der Waals surface area contributed by atoms with Gasteiger partial charge in [-0.25, -0.2) is 9.59 Å². The van der Waals surface area contributed by atoms with Crippen molar-refractivity contribution in [2.24, 2.45) is 0 Å². The minimum Gasteiger partial charge on any atom is -0.452 e. The van der Waals surface area contributed by atoms with Crippen molar-refractivity contribution < 1.29 is 29.3 Å². The molecule has 0 aliphatic rings. The first-order chi connectivity index (χ1) is 15.2. The lowest BCUT2D eigenvalue weighted by atomic mass is 9.96. The second-order valence-corrected chi connectivity index (χ2v) is 8.84. The van der Waals surface area contributed by atoms with Crippen molar-refractivity contribution in [3.8, 4) is 0 Å². The Labute approximate surface area is 195 Å². The van der Waals surface area contributed by atoms with E-state index in [9.17, 15) is 14.7 Å². The van der Waals surface area contributed by atoms with Gasteiger partial charge in [0.2, 0.25) is 5.79 Å². The van der Waals surface area contributed by atoms with Crippen LogP contribution in [0.5, 0.6) is 0 Å². The second kappa shape index (κ2) is 17.8. The number of aliphatic hydroxyl groups excluding tert-OH is 1. The fourth-order valence-electron chi connectivity index (χ4n) is 3.44. The van der Waals surface area contributed by atoms with E-state index in [-0.39, 0.29) is 24.2 Å². The predicted octanol–water partition coefficient (Wildman–Crippen LogP) is 5.76. The number of unbranched alkanes of at least 4 members (excludes halogenated alkanes) is 10.